The fraction of sp³-hybridized carbons (Fsp3) is 0.409. The second kappa shape index (κ2) is 8.71. The van der Waals surface area contributed by atoms with Gasteiger partial charge in [-0.3, -0.25) is 9.69 Å². The molecule has 1 aliphatic rings. The fourth-order valence-electron chi connectivity index (χ4n) is 3.47. The van der Waals surface area contributed by atoms with Gasteiger partial charge in [-0.2, -0.15) is 0 Å². The van der Waals surface area contributed by atoms with E-state index in [0.717, 1.165) is 31.7 Å². The first-order valence-electron chi connectivity index (χ1n) is 9.49. The average Bonchev–Trinajstić information content (AvgIpc) is 2.70. The topological polar surface area (TPSA) is 53.0 Å². The molecule has 150 valence electrons. The molecule has 1 fully saturated rings. The third kappa shape index (κ3) is 4.51. The van der Waals surface area contributed by atoms with Gasteiger partial charge in [-0.25, -0.2) is 4.39 Å². The molecule has 0 saturated carbocycles. The molecule has 1 unspecified atom stereocenters. The third-order valence-electron chi connectivity index (χ3n) is 5.43. The van der Waals surface area contributed by atoms with Crippen molar-refractivity contribution in [3.63, 3.8) is 0 Å². The molecule has 1 saturated heterocycles. The van der Waals surface area contributed by atoms with E-state index in [-0.39, 0.29) is 5.75 Å². The van der Waals surface area contributed by atoms with Gasteiger partial charge in [0.25, 0.3) is 0 Å². The van der Waals surface area contributed by atoms with E-state index in [1.54, 1.807) is 31.2 Å². The number of esters is 1. The molecule has 0 bridgehead atoms. The van der Waals surface area contributed by atoms with E-state index >= 15 is 0 Å². The molecular formula is C22H27FN2O3. The van der Waals surface area contributed by atoms with Crippen LogP contribution in [0, 0.1) is 5.82 Å². The minimum atomic E-state index is -0.527. The molecule has 0 spiro atoms. The Morgan fingerprint density at radius 2 is 1.89 bits per heavy atom. The number of benzene rings is 2. The normalized spacial score (nSPS) is 16.7. The Hall–Kier alpha value is -2.44. The number of halogens is 1. The number of nitrogens with zero attached hydrogens (tertiary/aromatic N) is 2. The van der Waals surface area contributed by atoms with Crippen molar-refractivity contribution in [2.45, 2.75) is 19.4 Å². The number of ether oxygens (including phenoxy) is 1. The summed E-state index contributed by atoms with van der Waals surface area (Å²) in [6.45, 7) is 6.19. The van der Waals surface area contributed by atoms with Crippen LogP contribution in [-0.2, 0) is 16.1 Å². The SMILES string of the molecule is COC(=O)C(C)c1ccc(-c2ccc(O)c(CN3CCN(C)CC3)c2)c(F)c1. The van der Waals surface area contributed by atoms with Crippen molar-refractivity contribution in [2.24, 2.45) is 0 Å². The lowest BCUT2D eigenvalue weighted by Crippen LogP contribution is -2.43. The molecule has 5 nitrogen and oxygen atoms in total. The van der Waals surface area contributed by atoms with Crippen molar-refractivity contribution in [3.8, 4) is 16.9 Å². The zero-order chi connectivity index (χ0) is 20.3. The van der Waals surface area contributed by atoms with Crippen molar-refractivity contribution in [2.75, 3.05) is 40.3 Å². The number of carbonyl (C=O) groups is 1. The van der Waals surface area contributed by atoms with Crippen LogP contribution in [0.2, 0.25) is 0 Å². The van der Waals surface area contributed by atoms with Crippen molar-refractivity contribution in [3.05, 3.63) is 53.3 Å². The molecule has 1 N–H and O–H groups in total. The monoisotopic (exact) mass is 386 g/mol. The van der Waals surface area contributed by atoms with Crippen LogP contribution in [0.25, 0.3) is 11.1 Å². The highest BCUT2D eigenvalue weighted by atomic mass is 19.1. The van der Waals surface area contributed by atoms with Gasteiger partial charge in [-0.1, -0.05) is 18.2 Å². The summed E-state index contributed by atoms with van der Waals surface area (Å²) in [7, 11) is 3.42. The molecule has 28 heavy (non-hydrogen) atoms. The molecule has 2 aromatic carbocycles. The lowest BCUT2D eigenvalue weighted by atomic mass is 9.96. The standard InChI is InChI=1S/C22H27FN2O3/c1-15(22(27)28-3)16-4-6-19(20(23)13-16)17-5-7-21(26)18(12-17)14-25-10-8-24(2)9-11-25/h4-7,12-13,15,26H,8-11,14H2,1-3H3. The number of hydrogen-bond acceptors (Lipinski definition) is 5. The maximum Gasteiger partial charge on any atom is 0.312 e. The summed E-state index contributed by atoms with van der Waals surface area (Å²) in [6.07, 6.45) is 0. The number of phenols is 1. The van der Waals surface area contributed by atoms with Crippen LogP contribution in [0.4, 0.5) is 4.39 Å². The first-order valence-corrected chi connectivity index (χ1v) is 9.49. The molecule has 1 aliphatic heterocycles. The Morgan fingerprint density at radius 1 is 1.18 bits per heavy atom. The molecule has 1 atom stereocenters. The summed E-state index contributed by atoms with van der Waals surface area (Å²) < 4.78 is 19.5. The Morgan fingerprint density at radius 3 is 2.54 bits per heavy atom. The minimum Gasteiger partial charge on any atom is -0.508 e. The third-order valence-corrected chi connectivity index (χ3v) is 5.43. The summed E-state index contributed by atoms with van der Waals surface area (Å²) in [5, 5.41) is 10.3. The first kappa shape index (κ1) is 20.3. The second-order valence-corrected chi connectivity index (χ2v) is 7.41. The zero-order valence-electron chi connectivity index (χ0n) is 16.6. The number of rotatable bonds is 5. The van der Waals surface area contributed by atoms with E-state index in [4.69, 9.17) is 4.74 Å². The largest absolute Gasteiger partial charge is 0.508 e. The molecule has 6 heteroatoms. The Balaban J connectivity index is 1.83. The number of hydrogen-bond donors (Lipinski definition) is 1. The maximum atomic E-state index is 14.8. The summed E-state index contributed by atoms with van der Waals surface area (Å²) in [5.41, 5.74) is 2.51. The lowest BCUT2D eigenvalue weighted by molar-refractivity contribution is -0.141. The minimum absolute atomic E-state index is 0.221. The van der Waals surface area contributed by atoms with Crippen LogP contribution >= 0.6 is 0 Å². The van der Waals surface area contributed by atoms with Crippen molar-refractivity contribution < 1.29 is 19.0 Å². The van der Waals surface area contributed by atoms with Gasteiger partial charge in [0.15, 0.2) is 0 Å². The summed E-state index contributed by atoms with van der Waals surface area (Å²) >= 11 is 0. The Kier molecular flexibility index (Phi) is 6.31. The highest BCUT2D eigenvalue weighted by Crippen LogP contribution is 2.30. The highest BCUT2D eigenvalue weighted by molar-refractivity contribution is 5.78. The van der Waals surface area contributed by atoms with Gasteiger partial charge in [-0.05, 0) is 43.3 Å². The van der Waals surface area contributed by atoms with Crippen LogP contribution in [0.1, 0.15) is 24.0 Å². The molecule has 0 aromatic heterocycles. The number of phenolic OH excluding ortho intramolecular Hbond substituents is 1. The number of carbonyl (C=O) groups excluding carboxylic acids is 1. The Bertz CT molecular complexity index is 848. The van der Waals surface area contributed by atoms with E-state index in [1.165, 1.54) is 13.2 Å². The molecule has 0 radical (unpaired) electrons. The quantitative estimate of drug-likeness (QED) is 0.800. The van der Waals surface area contributed by atoms with Crippen molar-refractivity contribution >= 4 is 5.97 Å². The second-order valence-electron chi connectivity index (χ2n) is 7.41. The number of piperazine rings is 1. The molecule has 1 heterocycles. The van der Waals surface area contributed by atoms with Gasteiger partial charge in [-0.15, -0.1) is 0 Å². The summed E-state index contributed by atoms with van der Waals surface area (Å²) in [6, 6.07) is 9.97. The Labute approximate surface area is 165 Å². The fourth-order valence-corrected chi connectivity index (χ4v) is 3.47. The molecular weight excluding hydrogens is 359 g/mol. The van der Waals surface area contributed by atoms with Crippen molar-refractivity contribution in [1.29, 1.82) is 0 Å². The van der Waals surface area contributed by atoms with E-state index in [9.17, 15) is 14.3 Å². The van der Waals surface area contributed by atoms with Gasteiger partial charge in [0, 0.05) is 43.9 Å². The highest BCUT2D eigenvalue weighted by Gasteiger charge is 2.19. The van der Waals surface area contributed by atoms with Gasteiger partial charge in [0.2, 0.25) is 0 Å². The van der Waals surface area contributed by atoms with E-state index in [1.807, 2.05) is 6.07 Å². The predicted octanol–water partition coefficient (Wildman–Crippen LogP) is 3.22. The zero-order valence-corrected chi connectivity index (χ0v) is 16.6. The molecule has 3 rings (SSSR count). The molecule has 0 amide bonds. The van der Waals surface area contributed by atoms with Crippen LogP contribution in [0.5, 0.6) is 5.75 Å². The first-order chi connectivity index (χ1) is 13.4. The van der Waals surface area contributed by atoms with Crippen LogP contribution in [0.15, 0.2) is 36.4 Å². The van der Waals surface area contributed by atoms with Gasteiger partial charge < -0.3 is 14.7 Å². The number of aromatic hydroxyl groups is 1. The summed E-state index contributed by atoms with van der Waals surface area (Å²) in [5.74, 6) is -1.10. The van der Waals surface area contributed by atoms with E-state index in [2.05, 4.69) is 16.8 Å². The number of likely N-dealkylation sites (N-methyl/N-ethyl adjacent to an activating group) is 1. The molecule has 2 aromatic rings. The van der Waals surface area contributed by atoms with Gasteiger partial charge in [0.1, 0.15) is 11.6 Å². The van der Waals surface area contributed by atoms with E-state index < -0.39 is 17.7 Å². The summed E-state index contributed by atoms with van der Waals surface area (Å²) in [4.78, 5) is 16.3. The van der Waals surface area contributed by atoms with Gasteiger partial charge in [0.05, 0.1) is 13.0 Å². The number of methoxy groups -OCH3 is 1. The predicted molar refractivity (Wildman–Crippen MR) is 107 cm³/mol. The van der Waals surface area contributed by atoms with Crippen LogP contribution < -0.4 is 0 Å². The smallest absolute Gasteiger partial charge is 0.312 e. The van der Waals surface area contributed by atoms with E-state index in [0.29, 0.717) is 23.2 Å². The van der Waals surface area contributed by atoms with Gasteiger partial charge >= 0.3 is 5.97 Å². The average molecular weight is 386 g/mol. The molecule has 0 aliphatic carbocycles. The lowest BCUT2D eigenvalue weighted by Gasteiger charge is -2.32. The maximum absolute atomic E-state index is 14.8. The van der Waals surface area contributed by atoms with Crippen molar-refractivity contribution in [1.82, 2.24) is 9.80 Å². The van der Waals surface area contributed by atoms with Crippen LogP contribution in [0.3, 0.4) is 0 Å². The van der Waals surface area contributed by atoms with Crippen LogP contribution in [-0.4, -0.2) is 61.2 Å².